The average molecular weight is 1220 g/mol. The van der Waals surface area contributed by atoms with Gasteiger partial charge in [0.05, 0.1) is 75.0 Å². The van der Waals surface area contributed by atoms with E-state index in [1.807, 2.05) is 5.32 Å². The third-order valence-corrected chi connectivity index (χ3v) is 14.4. The number of carbonyl (C=O) groups excluding carboxylic acids is 6. The highest BCUT2D eigenvalue weighted by molar-refractivity contribution is 7.91. The summed E-state index contributed by atoms with van der Waals surface area (Å²) in [5.74, 6) is -22.5. The van der Waals surface area contributed by atoms with Crippen LogP contribution >= 0.6 is 0 Å². The molecule has 1 aromatic carbocycles. The van der Waals surface area contributed by atoms with Crippen molar-refractivity contribution in [1.29, 1.82) is 0 Å². The number of halogens is 3. The Morgan fingerprint density at radius 3 is 1.83 bits per heavy atom. The van der Waals surface area contributed by atoms with E-state index in [0.717, 1.165) is 19.3 Å². The highest BCUT2D eigenvalue weighted by Gasteiger charge is 2.36. The summed E-state index contributed by atoms with van der Waals surface area (Å²) < 4.78 is 106. The van der Waals surface area contributed by atoms with Gasteiger partial charge >= 0.3 is 23.9 Å². The summed E-state index contributed by atoms with van der Waals surface area (Å²) in [5, 5.41) is 48.6. The second-order valence-electron chi connectivity index (χ2n) is 18.8. The number of sulfone groups is 1. The topological polar surface area (TPSA) is 504 Å². The minimum absolute atomic E-state index is 0.00454. The number of benzene rings is 1. The van der Waals surface area contributed by atoms with E-state index in [4.69, 9.17) is 31.8 Å². The number of anilines is 2. The number of carboxylic acids is 4. The van der Waals surface area contributed by atoms with E-state index in [2.05, 4.69) is 26.3 Å². The van der Waals surface area contributed by atoms with Crippen LogP contribution in [0.1, 0.15) is 103 Å². The number of nitrogens with one attached hydrogen (secondary N) is 6. The van der Waals surface area contributed by atoms with Crippen molar-refractivity contribution in [3.63, 3.8) is 0 Å². The monoisotopic (exact) mass is 1220 g/mol. The van der Waals surface area contributed by atoms with Crippen LogP contribution in [0.4, 0.5) is 24.5 Å². The molecule has 0 bridgehead atoms. The first-order chi connectivity index (χ1) is 38.5. The molecule has 0 saturated heterocycles. The van der Waals surface area contributed by atoms with Crippen LogP contribution < -0.4 is 48.5 Å². The molecule has 82 heavy (non-hydrogen) atoms. The fourth-order valence-corrected chi connectivity index (χ4v) is 9.97. The first-order valence-electron chi connectivity index (χ1n) is 25.7. The first kappa shape index (κ1) is 71.0. The van der Waals surface area contributed by atoms with Gasteiger partial charge in [-0.15, -0.1) is 0 Å². The third-order valence-electron chi connectivity index (χ3n) is 12.3. The van der Waals surface area contributed by atoms with E-state index in [0.29, 0.717) is 25.7 Å². The summed E-state index contributed by atoms with van der Waals surface area (Å²) in [6, 6.07) is -5.64. The molecule has 35 heteroatoms. The molecule has 4 amide bonds. The van der Waals surface area contributed by atoms with Gasteiger partial charge in [-0.05, 0) is 25.7 Å². The summed E-state index contributed by atoms with van der Waals surface area (Å²) in [5.41, 5.74) is 14.1. The van der Waals surface area contributed by atoms with E-state index in [1.54, 1.807) is 0 Å². The zero-order valence-electron chi connectivity index (χ0n) is 44.4. The molecule has 1 aliphatic rings. The Hall–Kier alpha value is -7.08. The first-order valence-corrected chi connectivity index (χ1v) is 28.4. The summed E-state index contributed by atoms with van der Waals surface area (Å²) in [4.78, 5) is 127. The van der Waals surface area contributed by atoms with Gasteiger partial charge in [-0.1, -0.05) is 32.1 Å². The van der Waals surface area contributed by atoms with Crippen molar-refractivity contribution in [3.8, 4) is 0 Å². The van der Waals surface area contributed by atoms with Crippen molar-refractivity contribution in [2.24, 2.45) is 34.0 Å². The standard InChI is InChI=1S/C47H71F3N10O20S2/c48-37-38(49)42(41(39(50)40(37)60-81(75)76)57-27-7-4-2-1-3-5-8-27)82(77,78)18-11-33(63)54-13-15-80-17-16-79-14-10-28(61)19-25(21-34(64)65)44(71)58-30(9-6-12-55-47(52)53)32(62)20-26(22-35(66)67)43(70)56-24-29(51)45(72)59-31(46(73)74)23-36(68)69/h25-27,29-31,57,60H,1-24,51H2,(H,54,63)(H,56,70)(H,58,71)(H,59,72)(H,64,65)(H,66,67)(H,68,69)(H,73,74)(H,75,76)(H4,52,53,55)/t25?,26?,29-,30?,31-/m0/s1. The maximum atomic E-state index is 15.7. The molecule has 0 aliphatic heterocycles. The van der Waals surface area contributed by atoms with Crippen molar-refractivity contribution >= 4 is 97.5 Å². The lowest BCUT2D eigenvalue weighted by molar-refractivity contribution is -0.147. The molecule has 1 saturated carbocycles. The van der Waals surface area contributed by atoms with Crippen molar-refractivity contribution in [2.75, 3.05) is 61.9 Å². The van der Waals surface area contributed by atoms with Crippen molar-refractivity contribution in [1.82, 2.24) is 21.3 Å². The molecule has 0 aromatic heterocycles. The predicted octanol–water partition coefficient (Wildman–Crippen LogP) is -0.993. The number of hydrogen-bond acceptors (Lipinski definition) is 18. The summed E-state index contributed by atoms with van der Waals surface area (Å²) >= 11 is -3.06. The zero-order chi connectivity index (χ0) is 61.7. The van der Waals surface area contributed by atoms with Crippen LogP contribution in [0.2, 0.25) is 0 Å². The molecule has 6 atom stereocenters. The highest BCUT2D eigenvalue weighted by Crippen LogP contribution is 2.38. The van der Waals surface area contributed by atoms with E-state index < -0.39 is 201 Å². The van der Waals surface area contributed by atoms with Crippen molar-refractivity contribution in [2.45, 2.75) is 132 Å². The highest BCUT2D eigenvalue weighted by atomic mass is 32.2. The predicted molar refractivity (Wildman–Crippen MR) is 282 cm³/mol. The van der Waals surface area contributed by atoms with Crippen LogP contribution in [0.25, 0.3) is 0 Å². The second-order valence-corrected chi connectivity index (χ2v) is 21.6. The SMILES string of the molecule is NC(N)=NCCCC(NC(=O)C(CC(=O)O)CC(=O)CCOCCOCCNC(=O)CCS(=O)(=O)c1c(F)c(F)c(NS(=O)O)c(F)c1NC1CCCCCCC1)C(=O)CC(CC(=O)O)C(=O)NC[C@H](N)C(=O)N[C@@H](CC(=O)O)C(=O)O. The molecule has 0 spiro atoms. The summed E-state index contributed by atoms with van der Waals surface area (Å²) in [7, 11) is -4.92. The minimum atomic E-state index is -4.92. The van der Waals surface area contributed by atoms with Gasteiger partial charge in [0.15, 0.2) is 39.0 Å². The fraction of sp³-hybridized carbons (Fsp3) is 0.638. The second kappa shape index (κ2) is 36.4. The van der Waals surface area contributed by atoms with Gasteiger partial charge in [-0.2, -0.15) is 0 Å². The van der Waals surface area contributed by atoms with Crippen LogP contribution in [0.15, 0.2) is 9.89 Å². The number of ether oxygens (including phenoxy) is 2. The molecule has 4 unspecified atom stereocenters. The van der Waals surface area contributed by atoms with Gasteiger partial charge in [0.2, 0.25) is 23.6 Å². The third kappa shape index (κ3) is 26.7. The Morgan fingerprint density at radius 1 is 0.683 bits per heavy atom. The molecule has 1 aromatic rings. The lowest BCUT2D eigenvalue weighted by Gasteiger charge is -2.25. The van der Waals surface area contributed by atoms with E-state index in [9.17, 15) is 80.4 Å². The number of carbonyl (C=O) groups is 10. The van der Waals surface area contributed by atoms with Gasteiger partial charge < -0.3 is 73.7 Å². The Morgan fingerprint density at radius 2 is 1.26 bits per heavy atom. The van der Waals surface area contributed by atoms with Crippen molar-refractivity contribution in [3.05, 3.63) is 17.5 Å². The molecule has 462 valence electrons. The number of amides is 4. The smallest absolute Gasteiger partial charge is 0.326 e. The Kier molecular flexibility index (Phi) is 31.5. The maximum absolute atomic E-state index is 15.7. The lowest BCUT2D eigenvalue weighted by atomic mass is 9.91. The number of carboxylic acid groups (broad SMARTS) is 4. The molecule has 2 rings (SSSR count). The number of hydrogen-bond donors (Lipinski definition) is 14. The minimum Gasteiger partial charge on any atom is -0.481 e. The Labute approximate surface area is 470 Å². The molecule has 1 fully saturated rings. The van der Waals surface area contributed by atoms with Crippen LogP contribution in [-0.2, 0) is 78.5 Å². The maximum Gasteiger partial charge on any atom is 0.326 e. The molecule has 30 nitrogen and oxygen atoms in total. The van der Waals surface area contributed by atoms with Gasteiger partial charge in [0, 0.05) is 51.4 Å². The van der Waals surface area contributed by atoms with Crippen LogP contribution in [0, 0.1) is 29.3 Å². The average Bonchev–Trinajstić information content (AvgIpc) is 3.58. The van der Waals surface area contributed by atoms with Crippen molar-refractivity contribution < 1.29 is 108 Å². The summed E-state index contributed by atoms with van der Waals surface area (Å²) in [6.07, 6.45) is -0.882. The quantitative estimate of drug-likeness (QED) is 0.0123. The van der Waals surface area contributed by atoms with Crippen LogP contribution in [0.3, 0.4) is 0 Å². The number of Topliss-reactive ketones (excluding diaryl/α,β-unsaturated/α-hetero) is 2. The zero-order valence-corrected chi connectivity index (χ0v) is 46.1. The number of aliphatic carboxylic acids is 4. The van der Waals surface area contributed by atoms with Crippen LogP contribution in [-0.4, -0.2) is 179 Å². The van der Waals surface area contributed by atoms with E-state index in [1.165, 1.54) is 4.72 Å². The Bertz CT molecular complexity index is 2590. The number of aliphatic imine (C=N–C) groups is 1. The molecule has 17 N–H and O–H groups in total. The largest absolute Gasteiger partial charge is 0.481 e. The fourth-order valence-electron chi connectivity index (χ4n) is 8.14. The molecular formula is C47H71F3N10O20S2. The van der Waals surface area contributed by atoms with Gasteiger partial charge in [0.1, 0.15) is 28.4 Å². The number of nitrogens with zero attached hydrogens (tertiary/aromatic N) is 1. The number of ketones is 2. The van der Waals surface area contributed by atoms with Gasteiger partial charge in [-0.3, -0.25) is 57.4 Å². The number of nitrogens with two attached hydrogens (primary N) is 3. The lowest BCUT2D eigenvalue weighted by Crippen LogP contribution is -2.53. The van der Waals surface area contributed by atoms with Gasteiger partial charge in [0.25, 0.3) is 11.3 Å². The van der Waals surface area contributed by atoms with Gasteiger partial charge in [-0.25, -0.2) is 30.6 Å². The molecule has 1 aliphatic carbocycles. The molecular weight excluding hydrogens is 1150 g/mol. The van der Waals surface area contributed by atoms with E-state index in [-0.39, 0.29) is 64.7 Å². The van der Waals surface area contributed by atoms with E-state index >= 15 is 13.2 Å². The number of guanidine groups is 1. The number of rotatable bonds is 40. The van der Waals surface area contributed by atoms with Crippen LogP contribution in [0.5, 0.6) is 0 Å². The Balaban J connectivity index is 1.97. The molecule has 0 radical (unpaired) electrons. The normalized spacial score (nSPS) is 15.1. The summed E-state index contributed by atoms with van der Waals surface area (Å²) in [6.45, 7) is -1.61. The molecule has 0 heterocycles.